The summed E-state index contributed by atoms with van der Waals surface area (Å²) in [5, 5.41) is 11.6. The number of halogens is 2. The van der Waals surface area contributed by atoms with Crippen molar-refractivity contribution >= 4 is 23.2 Å². The van der Waals surface area contributed by atoms with E-state index in [2.05, 4.69) is 0 Å². The molecule has 1 aliphatic heterocycles. The van der Waals surface area contributed by atoms with E-state index < -0.39 is 6.10 Å². The highest BCUT2D eigenvalue weighted by Gasteiger charge is 2.30. The molecule has 104 valence electrons. The minimum Gasteiger partial charge on any atom is -0.493 e. The molecule has 0 spiro atoms. The van der Waals surface area contributed by atoms with Crippen LogP contribution in [0.4, 0.5) is 0 Å². The second-order valence-electron chi connectivity index (χ2n) is 4.87. The van der Waals surface area contributed by atoms with E-state index in [9.17, 15) is 5.11 Å². The molecule has 0 saturated carbocycles. The Morgan fingerprint density at radius 2 is 1.90 bits per heavy atom. The van der Waals surface area contributed by atoms with E-state index in [0.29, 0.717) is 22.2 Å². The minimum absolute atomic E-state index is 0.0316. The Kier molecular flexibility index (Phi) is 3.88. The van der Waals surface area contributed by atoms with E-state index in [0.717, 1.165) is 17.7 Å². The monoisotopic (exact) mass is 308 g/mol. The molecule has 4 heteroatoms. The first kappa shape index (κ1) is 13.7. The maximum absolute atomic E-state index is 10.7. The van der Waals surface area contributed by atoms with E-state index in [1.807, 2.05) is 30.3 Å². The summed E-state index contributed by atoms with van der Waals surface area (Å²) in [4.78, 5) is 0. The zero-order chi connectivity index (χ0) is 14.1. The lowest BCUT2D eigenvalue weighted by Gasteiger charge is -2.30. The first-order chi connectivity index (χ1) is 9.68. The predicted octanol–water partition coefficient (Wildman–Crippen LogP) is 4.59. The molecule has 2 aromatic rings. The van der Waals surface area contributed by atoms with Gasteiger partial charge in [0.25, 0.3) is 0 Å². The van der Waals surface area contributed by atoms with Crippen LogP contribution >= 0.6 is 23.2 Å². The molecule has 0 radical (unpaired) electrons. The summed E-state index contributed by atoms with van der Waals surface area (Å²) in [7, 11) is 0. The maximum atomic E-state index is 10.7. The topological polar surface area (TPSA) is 29.5 Å². The molecule has 0 saturated heterocycles. The van der Waals surface area contributed by atoms with Gasteiger partial charge in [-0.2, -0.15) is 0 Å². The Morgan fingerprint density at radius 1 is 1.10 bits per heavy atom. The minimum atomic E-state index is -0.689. The Labute approximate surface area is 127 Å². The largest absolute Gasteiger partial charge is 0.493 e. The summed E-state index contributed by atoms with van der Waals surface area (Å²) < 4.78 is 5.62. The molecule has 20 heavy (non-hydrogen) atoms. The number of rotatable bonds is 2. The molecule has 0 bridgehead atoms. The van der Waals surface area contributed by atoms with Gasteiger partial charge in [-0.3, -0.25) is 0 Å². The van der Waals surface area contributed by atoms with Crippen molar-refractivity contribution in [3.63, 3.8) is 0 Å². The molecule has 2 nitrogen and oxygen atoms in total. The Balaban J connectivity index is 2.00. The highest BCUT2D eigenvalue weighted by atomic mass is 35.5. The average Bonchev–Trinajstić information content (AvgIpc) is 2.49. The molecule has 2 atom stereocenters. The van der Waals surface area contributed by atoms with E-state index in [1.54, 1.807) is 12.1 Å². The van der Waals surface area contributed by atoms with Gasteiger partial charge < -0.3 is 9.84 Å². The van der Waals surface area contributed by atoms with Gasteiger partial charge in [0.2, 0.25) is 0 Å². The summed E-state index contributed by atoms with van der Waals surface area (Å²) in [6, 6.07) is 13.1. The molecule has 0 fully saturated rings. The van der Waals surface area contributed by atoms with Crippen LogP contribution in [-0.2, 0) is 0 Å². The fraction of sp³-hybridized carbons (Fsp3) is 0.250. The molecular weight excluding hydrogens is 295 g/mol. The highest BCUT2D eigenvalue weighted by molar-refractivity contribution is 6.42. The van der Waals surface area contributed by atoms with E-state index in [4.69, 9.17) is 27.9 Å². The van der Waals surface area contributed by atoms with Gasteiger partial charge >= 0.3 is 0 Å². The van der Waals surface area contributed by atoms with Crippen LogP contribution in [0.15, 0.2) is 42.5 Å². The number of aliphatic hydroxyl groups is 1. The number of fused-ring (bicyclic) bond motifs is 1. The van der Waals surface area contributed by atoms with Crippen LogP contribution in [0.2, 0.25) is 10.0 Å². The van der Waals surface area contributed by atoms with Gasteiger partial charge in [0.15, 0.2) is 0 Å². The molecule has 0 aliphatic carbocycles. The van der Waals surface area contributed by atoms with Crippen LogP contribution in [0.5, 0.6) is 5.75 Å². The van der Waals surface area contributed by atoms with Crippen LogP contribution in [0.3, 0.4) is 0 Å². The summed E-state index contributed by atoms with van der Waals surface area (Å²) >= 11 is 12.2. The summed E-state index contributed by atoms with van der Waals surface area (Å²) in [6.45, 7) is 0.594. The molecule has 3 rings (SSSR count). The molecular formula is C16H14Cl2O2. The van der Waals surface area contributed by atoms with Crippen LogP contribution in [0.1, 0.15) is 29.6 Å². The number of ether oxygens (including phenoxy) is 1. The van der Waals surface area contributed by atoms with Crippen LogP contribution < -0.4 is 4.74 Å². The molecule has 2 unspecified atom stereocenters. The van der Waals surface area contributed by atoms with E-state index in [1.165, 1.54) is 0 Å². The van der Waals surface area contributed by atoms with E-state index in [-0.39, 0.29) is 5.92 Å². The fourth-order valence-corrected chi connectivity index (χ4v) is 3.08. The van der Waals surface area contributed by atoms with Gasteiger partial charge in [-0.25, -0.2) is 0 Å². The molecule has 1 N–H and O–H groups in total. The lowest BCUT2D eigenvalue weighted by molar-refractivity contribution is 0.117. The molecule has 1 aliphatic rings. The molecule has 1 heterocycles. The van der Waals surface area contributed by atoms with E-state index >= 15 is 0 Å². The third kappa shape index (κ3) is 2.39. The third-order valence-corrected chi connectivity index (χ3v) is 4.52. The van der Waals surface area contributed by atoms with Crippen LogP contribution in [0, 0.1) is 0 Å². The van der Waals surface area contributed by atoms with Crippen molar-refractivity contribution in [2.24, 2.45) is 0 Å². The van der Waals surface area contributed by atoms with Crippen molar-refractivity contribution in [2.45, 2.75) is 18.4 Å². The van der Waals surface area contributed by atoms with Crippen molar-refractivity contribution in [3.8, 4) is 5.75 Å². The van der Waals surface area contributed by atoms with Gasteiger partial charge in [-0.1, -0.05) is 53.5 Å². The number of hydrogen-bond acceptors (Lipinski definition) is 2. The second kappa shape index (κ2) is 5.65. The zero-order valence-electron chi connectivity index (χ0n) is 10.7. The van der Waals surface area contributed by atoms with Gasteiger partial charge in [0, 0.05) is 17.0 Å². The lowest BCUT2D eigenvalue weighted by Crippen LogP contribution is -2.20. The molecule has 0 amide bonds. The van der Waals surface area contributed by atoms with Gasteiger partial charge in [-0.05, 0) is 18.6 Å². The predicted molar refractivity (Wildman–Crippen MR) is 80.7 cm³/mol. The normalized spacial score (nSPS) is 19.1. The maximum Gasteiger partial charge on any atom is 0.122 e. The summed E-state index contributed by atoms with van der Waals surface area (Å²) in [5.74, 6) is 0.803. The van der Waals surface area contributed by atoms with Gasteiger partial charge in [-0.15, -0.1) is 0 Å². The SMILES string of the molecule is OC(c1cccc(Cl)c1Cl)C1CCOc2ccccc21. The summed E-state index contributed by atoms with van der Waals surface area (Å²) in [6.07, 6.45) is 0.0624. The second-order valence-corrected chi connectivity index (χ2v) is 5.65. The number of para-hydroxylation sites is 1. The van der Waals surface area contributed by atoms with Crippen molar-refractivity contribution in [1.82, 2.24) is 0 Å². The van der Waals surface area contributed by atoms with Crippen molar-refractivity contribution < 1.29 is 9.84 Å². The highest BCUT2D eigenvalue weighted by Crippen LogP contribution is 2.43. The quantitative estimate of drug-likeness (QED) is 0.879. The average molecular weight is 309 g/mol. The number of benzene rings is 2. The number of aliphatic hydroxyl groups excluding tert-OH is 1. The Morgan fingerprint density at radius 3 is 2.75 bits per heavy atom. The third-order valence-electron chi connectivity index (χ3n) is 3.69. The standard InChI is InChI=1S/C16H14Cl2O2/c17-13-6-3-5-12(15(13)18)16(19)11-8-9-20-14-7-2-1-4-10(11)14/h1-7,11,16,19H,8-9H2. The first-order valence-corrected chi connectivity index (χ1v) is 7.28. The zero-order valence-corrected chi connectivity index (χ0v) is 12.2. The van der Waals surface area contributed by atoms with Crippen LogP contribution in [0.25, 0.3) is 0 Å². The van der Waals surface area contributed by atoms with Crippen molar-refractivity contribution in [3.05, 3.63) is 63.6 Å². The van der Waals surface area contributed by atoms with Gasteiger partial charge in [0.1, 0.15) is 5.75 Å². The van der Waals surface area contributed by atoms with Crippen molar-refractivity contribution in [2.75, 3.05) is 6.61 Å². The van der Waals surface area contributed by atoms with Crippen molar-refractivity contribution in [1.29, 1.82) is 0 Å². The van der Waals surface area contributed by atoms with Crippen LogP contribution in [-0.4, -0.2) is 11.7 Å². The molecule has 2 aromatic carbocycles. The number of hydrogen-bond donors (Lipinski definition) is 1. The van der Waals surface area contributed by atoms with Gasteiger partial charge in [0.05, 0.1) is 22.8 Å². The fourth-order valence-electron chi connectivity index (χ4n) is 2.66. The Hall–Kier alpha value is -1.22. The first-order valence-electron chi connectivity index (χ1n) is 6.52. The smallest absolute Gasteiger partial charge is 0.122 e. The molecule has 0 aromatic heterocycles. The summed E-state index contributed by atoms with van der Waals surface area (Å²) in [5.41, 5.74) is 1.68. The Bertz CT molecular complexity index is 628. The lowest BCUT2D eigenvalue weighted by atomic mass is 9.85.